The Bertz CT molecular complexity index is 986. The first-order valence-electron chi connectivity index (χ1n) is 9.29. The zero-order valence-electron chi connectivity index (χ0n) is 15.6. The molecule has 0 atom stereocenters. The summed E-state index contributed by atoms with van der Waals surface area (Å²) < 4.78 is 0. The second kappa shape index (κ2) is 8.71. The molecule has 0 bridgehead atoms. The standard InChI is InChI=1S/C19H20ClN7OS/c20-14-4-2-1-3-13(14)11-17(28)22-15-5-6-16(24-23-15)27-9-7-12(8-10-27)18-25-26-19(21)29-18/h1-6,12H,7-11H2,(H2,21,26)(H,22,23,28). The molecule has 0 spiro atoms. The molecule has 4 rings (SSSR count). The molecule has 1 aromatic carbocycles. The van der Waals surface area contributed by atoms with Gasteiger partial charge in [0.15, 0.2) is 11.6 Å². The minimum absolute atomic E-state index is 0.183. The van der Waals surface area contributed by atoms with Crippen molar-refractivity contribution in [3.8, 4) is 0 Å². The van der Waals surface area contributed by atoms with Crippen molar-refractivity contribution >= 4 is 45.6 Å². The van der Waals surface area contributed by atoms with Crippen molar-refractivity contribution in [3.63, 3.8) is 0 Å². The van der Waals surface area contributed by atoms with E-state index in [1.54, 1.807) is 12.1 Å². The van der Waals surface area contributed by atoms with Gasteiger partial charge in [-0.2, -0.15) is 0 Å². The van der Waals surface area contributed by atoms with Gasteiger partial charge >= 0.3 is 0 Å². The molecule has 3 heterocycles. The van der Waals surface area contributed by atoms with E-state index in [0.717, 1.165) is 42.3 Å². The van der Waals surface area contributed by atoms with Crippen LogP contribution in [0.4, 0.5) is 16.8 Å². The van der Waals surface area contributed by atoms with Crippen LogP contribution in [-0.2, 0) is 11.2 Å². The van der Waals surface area contributed by atoms with Crippen molar-refractivity contribution in [2.45, 2.75) is 25.2 Å². The molecule has 0 saturated carbocycles. The minimum atomic E-state index is -0.183. The number of nitrogen functional groups attached to an aromatic ring is 1. The summed E-state index contributed by atoms with van der Waals surface area (Å²) in [5.41, 5.74) is 6.46. The van der Waals surface area contributed by atoms with E-state index in [1.165, 1.54) is 11.3 Å². The first-order chi connectivity index (χ1) is 14.1. The number of amides is 1. The number of nitrogens with one attached hydrogen (secondary N) is 1. The van der Waals surface area contributed by atoms with Crippen LogP contribution < -0.4 is 16.0 Å². The van der Waals surface area contributed by atoms with Crippen molar-refractivity contribution in [1.82, 2.24) is 20.4 Å². The van der Waals surface area contributed by atoms with Crippen LogP contribution in [0.2, 0.25) is 5.02 Å². The number of halogens is 1. The molecule has 1 fully saturated rings. The zero-order chi connectivity index (χ0) is 20.2. The maximum Gasteiger partial charge on any atom is 0.230 e. The van der Waals surface area contributed by atoms with Gasteiger partial charge in [0.25, 0.3) is 0 Å². The molecule has 3 N–H and O–H groups in total. The van der Waals surface area contributed by atoms with Gasteiger partial charge in [0.05, 0.1) is 6.42 Å². The Balaban J connectivity index is 1.31. The van der Waals surface area contributed by atoms with Crippen LogP contribution in [0.5, 0.6) is 0 Å². The Morgan fingerprint density at radius 2 is 1.93 bits per heavy atom. The molecule has 150 valence electrons. The Morgan fingerprint density at radius 3 is 2.59 bits per heavy atom. The van der Waals surface area contributed by atoms with E-state index in [-0.39, 0.29) is 12.3 Å². The monoisotopic (exact) mass is 429 g/mol. The third-order valence-corrected chi connectivity index (χ3v) is 6.13. The maximum absolute atomic E-state index is 12.2. The van der Waals surface area contributed by atoms with E-state index in [2.05, 4.69) is 30.6 Å². The van der Waals surface area contributed by atoms with Crippen LogP contribution in [0.1, 0.15) is 29.3 Å². The Labute approximate surface area is 177 Å². The van der Waals surface area contributed by atoms with E-state index in [9.17, 15) is 4.79 Å². The number of carbonyl (C=O) groups is 1. The van der Waals surface area contributed by atoms with Gasteiger partial charge in [-0.1, -0.05) is 41.1 Å². The van der Waals surface area contributed by atoms with Gasteiger partial charge in [-0.3, -0.25) is 4.79 Å². The normalized spacial score (nSPS) is 14.7. The summed E-state index contributed by atoms with van der Waals surface area (Å²) in [6.45, 7) is 1.72. The van der Waals surface area contributed by atoms with Crippen LogP contribution in [0.15, 0.2) is 36.4 Å². The third-order valence-electron chi connectivity index (χ3n) is 4.85. The highest BCUT2D eigenvalue weighted by molar-refractivity contribution is 7.15. The lowest BCUT2D eigenvalue weighted by Gasteiger charge is -2.31. The maximum atomic E-state index is 12.2. The lowest BCUT2D eigenvalue weighted by atomic mass is 9.98. The molecule has 8 nitrogen and oxygen atoms in total. The van der Waals surface area contributed by atoms with Crippen LogP contribution in [-0.4, -0.2) is 39.4 Å². The van der Waals surface area contributed by atoms with Gasteiger partial charge < -0.3 is 16.0 Å². The number of piperidine rings is 1. The molecule has 10 heteroatoms. The number of carbonyl (C=O) groups excluding carboxylic acids is 1. The molecule has 2 aromatic heterocycles. The van der Waals surface area contributed by atoms with E-state index < -0.39 is 0 Å². The molecule has 3 aromatic rings. The van der Waals surface area contributed by atoms with Gasteiger partial charge in [-0.05, 0) is 36.6 Å². The average molecular weight is 430 g/mol. The number of benzene rings is 1. The Hall–Kier alpha value is -2.78. The molecule has 1 aliphatic heterocycles. The van der Waals surface area contributed by atoms with Crippen LogP contribution >= 0.6 is 22.9 Å². The van der Waals surface area contributed by atoms with E-state index in [4.69, 9.17) is 17.3 Å². The zero-order valence-corrected chi connectivity index (χ0v) is 17.2. The van der Waals surface area contributed by atoms with Crippen LogP contribution in [0, 0.1) is 0 Å². The topological polar surface area (TPSA) is 110 Å². The lowest BCUT2D eigenvalue weighted by Crippen LogP contribution is -2.33. The molecular weight excluding hydrogens is 410 g/mol. The summed E-state index contributed by atoms with van der Waals surface area (Å²) in [6.07, 6.45) is 2.12. The average Bonchev–Trinajstić information content (AvgIpc) is 3.17. The summed E-state index contributed by atoms with van der Waals surface area (Å²) in [7, 11) is 0. The Morgan fingerprint density at radius 1 is 1.14 bits per heavy atom. The number of aromatic nitrogens is 4. The molecule has 1 saturated heterocycles. The number of nitrogens with zero attached hydrogens (tertiary/aromatic N) is 5. The first-order valence-corrected chi connectivity index (χ1v) is 10.5. The highest BCUT2D eigenvalue weighted by Gasteiger charge is 2.24. The molecular formula is C19H20ClN7OS. The predicted octanol–water partition coefficient (Wildman–Crippen LogP) is 3.13. The van der Waals surface area contributed by atoms with E-state index >= 15 is 0 Å². The SMILES string of the molecule is Nc1nnc(C2CCN(c3ccc(NC(=O)Cc4ccccc4Cl)nn3)CC2)s1. The summed E-state index contributed by atoms with van der Waals surface area (Å²) >= 11 is 7.56. The first kappa shape index (κ1) is 19.5. The van der Waals surface area contributed by atoms with Crippen LogP contribution in [0.3, 0.4) is 0 Å². The van der Waals surface area contributed by atoms with Gasteiger partial charge in [0, 0.05) is 24.0 Å². The highest BCUT2D eigenvalue weighted by atomic mass is 35.5. The second-order valence-corrected chi connectivity index (χ2v) is 8.28. The fourth-order valence-electron chi connectivity index (χ4n) is 3.33. The number of rotatable bonds is 5. The number of nitrogens with two attached hydrogens (primary N) is 1. The molecule has 0 aliphatic carbocycles. The summed E-state index contributed by atoms with van der Waals surface area (Å²) in [5, 5.41) is 21.3. The highest BCUT2D eigenvalue weighted by Crippen LogP contribution is 2.32. The Kier molecular flexibility index (Phi) is 5.86. The second-order valence-electron chi connectivity index (χ2n) is 6.83. The molecule has 1 aliphatic rings. The number of anilines is 3. The summed E-state index contributed by atoms with van der Waals surface area (Å²) in [4.78, 5) is 14.4. The van der Waals surface area contributed by atoms with Crippen molar-refractivity contribution < 1.29 is 4.79 Å². The lowest BCUT2D eigenvalue weighted by molar-refractivity contribution is -0.115. The van der Waals surface area contributed by atoms with Crippen molar-refractivity contribution in [2.75, 3.05) is 29.0 Å². The van der Waals surface area contributed by atoms with Crippen molar-refractivity contribution in [2.24, 2.45) is 0 Å². The van der Waals surface area contributed by atoms with Gasteiger partial charge in [-0.25, -0.2) is 0 Å². The number of hydrogen-bond donors (Lipinski definition) is 2. The fourth-order valence-corrected chi connectivity index (χ4v) is 4.31. The summed E-state index contributed by atoms with van der Waals surface area (Å²) in [5.74, 6) is 1.42. The van der Waals surface area contributed by atoms with Crippen LogP contribution in [0.25, 0.3) is 0 Å². The molecule has 0 unspecified atom stereocenters. The molecule has 0 radical (unpaired) electrons. The minimum Gasteiger partial charge on any atom is -0.374 e. The smallest absolute Gasteiger partial charge is 0.230 e. The fraction of sp³-hybridized carbons (Fsp3) is 0.316. The van der Waals surface area contributed by atoms with E-state index in [0.29, 0.717) is 21.9 Å². The molecule has 1 amide bonds. The van der Waals surface area contributed by atoms with Gasteiger partial charge in [-0.15, -0.1) is 20.4 Å². The van der Waals surface area contributed by atoms with E-state index in [1.807, 2.05) is 24.3 Å². The third kappa shape index (κ3) is 4.80. The predicted molar refractivity (Wildman–Crippen MR) is 114 cm³/mol. The van der Waals surface area contributed by atoms with Crippen molar-refractivity contribution in [3.05, 3.63) is 52.0 Å². The number of hydrogen-bond acceptors (Lipinski definition) is 8. The summed E-state index contributed by atoms with van der Waals surface area (Å²) in [6, 6.07) is 10.9. The van der Waals surface area contributed by atoms with Gasteiger partial charge in [0.2, 0.25) is 11.0 Å². The van der Waals surface area contributed by atoms with Crippen molar-refractivity contribution in [1.29, 1.82) is 0 Å². The van der Waals surface area contributed by atoms with Gasteiger partial charge in [0.1, 0.15) is 5.01 Å². The quantitative estimate of drug-likeness (QED) is 0.641. The molecule has 29 heavy (non-hydrogen) atoms. The largest absolute Gasteiger partial charge is 0.374 e.